The second-order valence-electron chi connectivity index (χ2n) is 6.36. The first kappa shape index (κ1) is 17.5. The molecule has 0 aromatic heterocycles. The number of amides is 1. The van der Waals surface area contributed by atoms with Crippen LogP contribution < -0.4 is 10.1 Å². The number of carbonyl (C=O) groups excluding carboxylic acids is 1. The first-order valence-electron chi connectivity index (χ1n) is 8.53. The highest BCUT2D eigenvalue weighted by molar-refractivity contribution is 5.80. The Labute approximate surface area is 148 Å². The van der Waals surface area contributed by atoms with Gasteiger partial charge in [0.25, 0.3) is 12.2 Å². The maximum absolute atomic E-state index is 12.5. The van der Waals surface area contributed by atoms with Crippen LogP contribution in [0.1, 0.15) is 23.7 Å². The van der Waals surface area contributed by atoms with E-state index < -0.39 is 6.29 Å². The summed E-state index contributed by atoms with van der Waals surface area (Å²) < 4.78 is 11.8. The predicted octanol–water partition coefficient (Wildman–Crippen LogP) is 2.58. The van der Waals surface area contributed by atoms with Crippen molar-refractivity contribution in [3.63, 3.8) is 0 Å². The van der Waals surface area contributed by atoms with E-state index in [-0.39, 0.29) is 12.0 Å². The van der Waals surface area contributed by atoms with Gasteiger partial charge in [0.15, 0.2) is 0 Å². The summed E-state index contributed by atoms with van der Waals surface area (Å²) in [6.45, 7) is 1.51. The lowest BCUT2D eigenvalue weighted by molar-refractivity contribution is -0.165. The number of ether oxygens (including phenoxy) is 2. The second-order valence-corrected chi connectivity index (χ2v) is 6.36. The van der Waals surface area contributed by atoms with Crippen molar-refractivity contribution in [1.82, 2.24) is 10.2 Å². The van der Waals surface area contributed by atoms with Crippen LogP contribution in [0.15, 0.2) is 54.6 Å². The van der Waals surface area contributed by atoms with Gasteiger partial charge >= 0.3 is 0 Å². The lowest BCUT2D eigenvalue weighted by Crippen LogP contribution is -2.43. The molecule has 5 nitrogen and oxygen atoms in total. The monoisotopic (exact) mass is 340 g/mol. The second kappa shape index (κ2) is 8.14. The van der Waals surface area contributed by atoms with Crippen LogP contribution in [0.3, 0.4) is 0 Å². The summed E-state index contributed by atoms with van der Waals surface area (Å²) in [7, 11) is 4.02. The molecule has 2 atom stereocenters. The lowest BCUT2D eigenvalue weighted by Gasteiger charge is -2.32. The lowest BCUT2D eigenvalue weighted by atomic mass is 9.99. The van der Waals surface area contributed by atoms with Crippen molar-refractivity contribution in [3.05, 3.63) is 65.7 Å². The van der Waals surface area contributed by atoms with Crippen molar-refractivity contribution in [3.8, 4) is 5.75 Å². The summed E-state index contributed by atoms with van der Waals surface area (Å²) in [5, 5.41) is 2.89. The largest absolute Gasteiger partial charge is 0.455 e. The fourth-order valence-electron chi connectivity index (χ4n) is 2.84. The summed E-state index contributed by atoms with van der Waals surface area (Å²) in [6, 6.07) is 17.6. The third-order valence-corrected chi connectivity index (χ3v) is 4.09. The molecule has 1 aliphatic rings. The van der Waals surface area contributed by atoms with Gasteiger partial charge in [-0.15, -0.1) is 0 Å². The molecule has 3 rings (SSSR count). The number of nitrogens with zero attached hydrogens (tertiary/aromatic N) is 1. The van der Waals surface area contributed by atoms with Crippen molar-refractivity contribution >= 4 is 5.91 Å². The molecule has 25 heavy (non-hydrogen) atoms. The zero-order valence-electron chi connectivity index (χ0n) is 14.6. The van der Waals surface area contributed by atoms with Gasteiger partial charge in [-0.3, -0.25) is 4.79 Å². The Morgan fingerprint density at radius 3 is 2.56 bits per heavy atom. The summed E-state index contributed by atoms with van der Waals surface area (Å²) in [4.78, 5) is 14.5. The molecule has 0 unspecified atom stereocenters. The highest BCUT2D eigenvalue weighted by atomic mass is 16.7. The molecule has 1 aliphatic heterocycles. The Bertz CT molecular complexity index is 703. The summed E-state index contributed by atoms with van der Waals surface area (Å²) >= 11 is 0. The van der Waals surface area contributed by atoms with Crippen LogP contribution in [-0.4, -0.2) is 44.3 Å². The van der Waals surface area contributed by atoms with E-state index in [4.69, 9.17) is 9.47 Å². The zero-order valence-corrected chi connectivity index (χ0v) is 14.6. The van der Waals surface area contributed by atoms with Gasteiger partial charge in [0, 0.05) is 12.1 Å². The van der Waals surface area contributed by atoms with Crippen LogP contribution in [0.4, 0.5) is 0 Å². The summed E-state index contributed by atoms with van der Waals surface area (Å²) in [6.07, 6.45) is -0.382. The maximum Gasteiger partial charge on any atom is 0.289 e. The number of rotatable bonds is 6. The molecule has 132 valence electrons. The first-order chi connectivity index (χ1) is 12.1. The molecule has 2 aromatic carbocycles. The molecular weight excluding hydrogens is 316 g/mol. The third kappa shape index (κ3) is 4.38. The predicted molar refractivity (Wildman–Crippen MR) is 96.4 cm³/mol. The molecule has 0 saturated carbocycles. The smallest absolute Gasteiger partial charge is 0.289 e. The molecule has 5 heteroatoms. The fraction of sp³-hybridized carbons (Fsp3) is 0.350. The zero-order chi connectivity index (χ0) is 17.6. The topological polar surface area (TPSA) is 50.8 Å². The van der Waals surface area contributed by atoms with E-state index in [0.717, 1.165) is 24.1 Å². The Morgan fingerprint density at radius 2 is 1.80 bits per heavy atom. The number of hydrogen-bond acceptors (Lipinski definition) is 4. The minimum absolute atomic E-state index is 0.241. The van der Waals surface area contributed by atoms with Crippen LogP contribution in [0.2, 0.25) is 0 Å². The average molecular weight is 340 g/mol. The highest BCUT2D eigenvalue weighted by Crippen LogP contribution is 2.38. The standard InChI is InChI=1S/C20H24N2O3/c1-22(2)14-8-13-21-19(23)20-24-17-12-7-6-11-16(17)18(25-20)15-9-4-3-5-10-15/h3-7,9-12,18,20H,8,13-14H2,1-2H3,(H,21,23)/t18-,20+/m1/s1. The van der Waals surface area contributed by atoms with E-state index in [1.165, 1.54) is 0 Å². The van der Waals surface area contributed by atoms with Crippen LogP contribution in [-0.2, 0) is 9.53 Å². The van der Waals surface area contributed by atoms with Crippen molar-refractivity contribution in [1.29, 1.82) is 0 Å². The van der Waals surface area contributed by atoms with Crippen molar-refractivity contribution in [2.45, 2.75) is 18.8 Å². The van der Waals surface area contributed by atoms with Gasteiger partial charge in [-0.2, -0.15) is 0 Å². The fourth-order valence-corrected chi connectivity index (χ4v) is 2.84. The number of carbonyl (C=O) groups is 1. The Morgan fingerprint density at radius 1 is 1.08 bits per heavy atom. The van der Waals surface area contributed by atoms with Gasteiger partial charge in [0.1, 0.15) is 11.9 Å². The average Bonchev–Trinajstić information content (AvgIpc) is 2.64. The van der Waals surface area contributed by atoms with E-state index in [2.05, 4.69) is 10.2 Å². The van der Waals surface area contributed by atoms with Crippen LogP contribution in [0.5, 0.6) is 5.75 Å². The van der Waals surface area contributed by atoms with Gasteiger partial charge in [-0.25, -0.2) is 0 Å². The third-order valence-electron chi connectivity index (χ3n) is 4.09. The normalized spacial score (nSPS) is 19.2. The van der Waals surface area contributed by atoms with Gasteiger partial charge < -0.3 is 19.7 Å². The number of para-hydroxylation sites is 1. The van der Waals surface area contributed by atoms with E-state index >= 15 is 0 Å². The summed E-state index contributed by atoms with van der Waals surface area (Å²) in [5.74, 6) is 0.449. The minimum atomic E-state index is -0.945. The quantitative estimate of drug-likeness (QED) is 0.821. The van der Waals surface area contributed by atoms with Crippen molar-refractivity contribution in [2.24, 2.45) is 0 Å². The minimum Gasteiger partial charge on any atom is -0.455 e. The van der Waals surface area contributed by atoms with Gasteiger partial charge in [0.05, 0.1) is 0 Å². The van der Waals surface area contributed by atoms with Crippen LogP contribution in [0, 0.1) is 0 Å². The summed E-state index contributed by atoms with van der Waals surface area (Å²) in [5.41, 5.74) is 1.94. The number of benzene rings is 2. The Kier molecular flexibility index (Phi) is 5.68. The molecule has 1 amide bonds. The van der Waals surface area contributed by atoms with Gasteiger partial charge in [-0.05, 0) is 38.7 Å². The SMILES string of the molecule is CN(C)CCCNC(=O)[C@H]1Oc2ccccc2[C@@H](c2ccccc2)O1. The number of fused-ring (bicyclic) bond motifs is 1. The highest BCUT2D eigenvalue weighted by Gasteiger charge is 2.33. The number of hydrogen-bond donors (Lipinski definition) is 1. The molecular formula is C20H24N2O3. The van der Waals surface area contributed by atoms with Crippen molar-refractivity contribution < 1.29 is 14.3 Å². The Hall–Kier alpha value is -2.37. The molecule has 0 aliphatic carbocycles. The van der Waals surface area contributed by atoms with Gasteiger partial charge in [-0.1, -0.05) is 48.5 Å². The van der Waals surface area contributed by atoms with Crippen LogP contribution >= 0.6 is 0 Å². The van der Waals surface area contributed by atoms with Gasteiger partial charge in [0.2, 0.25) is 0 Å². The first-order valence-corrected chi connectivity index (χ1v) is 8.53. The molecule has 0 radical (unpaired) electrons. The molecule has 2 aromatic rings. The molecule has 0 spiro atoms. The molecule has 0 bridgehead atoms. The van der Waals surface area contributed by atoms with E-state index in [1.54, 1.807) is 0 Å². The molecule has 0 saturated heterocycles. The van der Waals surface area contributed by atoms with E-state index in [9.17, 15) is 4.79 Å². The maximum atomic E-state index is 12.5. The number of nitrogens with one attached hydrogen (secondary N) is 1. The molecule has 0 fully saturated rings. The van der Waals surface area contributed by atoms with Crippen molar-refractivity contribution in [2.75, 3.05) is 27.2 Å². The molecule has 1 N–H and O–H groups in total. The van der Waals surface area contributed by atoms with Crippen LogP contribution in [0.25, 0.3) is 0 Å². The van der Waals surface area contributed by atoms with E-state index in [1.807, 2.05) is 68.7 Å². The van der Waals surface area contributed by atoms with E-state index in [0.29, 0.717) is 12.3 Å². The molecule has 1 heterocycles. The Balaban J connectivity index is 1.72.